The van der Waals surface area contributed by atoms with Crippen LogP contribution in [0, 0.1) is 35.4 Å². The molecule has 62 heavy (non-hydrogen) atoms. The van der Waals surface area contributed by atoms with Crippen LogP contribution in [-0.4, -0.2) is 132 Å². The molecule has 340 valence electrons. The Kier molecular flexibility index (Phi) is 13.5. The van der Waals surface area contributed by atoms with E-state index in [0.717, 1.165) is 11.1 Å². The Hall–Kier alpha value is -3.99. The van der Waals surface area contributed by atoms with Gasteiger partial charge in [-0.1, -0.05) is 57.1 Å². The Balaban J connectivity index is 1.38. The second-order valence-electron chi connectivity index (χ2n) is 18.9. The van der Waals surface area contributed by atoms with Gasteiger partial charge in [0.2, 0.25) is 0 Å². The predicted octanol–water partition coefficient (Wildman–Crippen LogP) is 6.26. The monoisotopic (exact) mass is 865 g/mol. The van der Waals surface area contributed by atoms with Crippen LogP contribution >= 0.6 is 0 Å². The number of carbonyl (C=O) groups excluding carboxylic acids is 3. The zero-order valence-corrected chi connectivity index (χ0v) is 37.6. The van der Waals surface area contributed by atoms with Crippen LogP contribution in [0.1, 0.15) is 74.7 Å². The maximum atomic E-state index is 14.9. The summed E-state index contributed by atoms with van der Waals surface area (Å²) in [5.41, 5.74) is -0.722. The number of amides is 1. The van der Waals surface area contributed by atoms with Gasteiger partial charge < -0.3 is 43.3 Å². The van der Waals surface area contributed by atoms with Crippen LogP contribution in [0.5, 0.6) is 5.75 Å². The molecule has 5 heterocycles. The van der Waals surface area contributed by atoms with Crippen molar-refractivity contribution in [3.8, 4) is 16.9 Å². The summed E-state index contributed by atoms with van der Waals surface area (Å²) in [5.74, 6) is -4.17. The molecule has 5 aliphatic heterocycles. The molecule has 1 amide bonds. The largest absolute Gasteiger partial charge is 0.458 e. The molecule has 15 atom stereocenters. The first-order valence-corrected chi connectivity index (χ1v) is 22.1. The van der Waals surface area contributed by atoms with Gasteiger partial charge in [0.25, 0.3) is 0 Å². The maximum Gasteiger partial charge on any atom is 0.411 e. The number of nitrogens with zero attached hydrogens (tertiary/aromatic N) is 3. The molecular formula is C47H64FN3O11. The smallest absolute Gasteiger partial charge is 0.411 e. The van der Waals surface area contributed by atoms with E-state index in [1.807, 2.05) is 59.7 Å². The van der Waals surface area contributed by atoms with E-state index in [-0.39, 0.29) is 49.9 Å². The van der Waals surface area contributed by atoms with Gasteiger partial charge in [0.1, 0.15) is 23.8 Å². The Morgan fingerprint density at radius 3 is 2.40 bits per heavy atom. The minimum absolute atomic E-state index is 0.00158. The van der Waals surface area contributed by atoms with Crippen molar-refractivity contribution in [2.24, 2.45) is 34.7 Å². The van der Waals surface area contributed by atoms with E-state index in [9.17, 15) is 23.9 Å². The second kappa shape index (κ2) is 18.2. The predicted molar refractivity (Wildman–Crippen MR) is 227 cm³/mol. The number of aliphatic hydroxyl groups is 1. The Bertz CT molecular complexity index is 1980. The molecule has 2 aromatic rings. The van der Waals surface area contributed by atoms with Gasteiger partial charge in [-0.2, -0.15) is 0 Å². The molecule has 7 rings (SSSR count). The average molecular weight is 866 g/mol. The number of rotatable bonds is 7. The standard InChI is InChI=1S/C47H64FN3O11/c1-11-37-47(8)41-27(4)38(52)25(2)21-46(7)42(60-44-39(53)36(50(9)10)19-26(3)58-44)28(5)40(29(6)43(54)59-37)56-23-32(24-57-46)35(22-51(41)45(55)61-47)49-62-34-14-12-13-31(20-34)30-15-17-33(48)18-16-30/h12-18,20,25-29,32,36-37,39-42,44,53H,11,19,21-24H2,1-10H3/b49-35-/t25-,26-,27+,28+,29-,32?,36+,37-,39-,40+,41+,42-,44+,46?,47?/m1/s1. The van der Waals surface area contributed by atoms with Crippen LogP contribution in [-0.2, 0) is 38.0 Å². The number of ether oxygens (including phenoxy) is 6. The molecule has 0 aliphatic carbocycles. The van der Waals surface area contributed by atoms with Crippen molar-refractivity contribution < 1.29 is 57.1 Å². The van der Waals surface area contributed by atoms with Gasteiger partial charge in [0.15, 0.2) is 17.6 Å². The summed E-state index contributed by atoms with van der Waals surface area (Å²) >= 11 is 0. The van der Waals surface area contributed by atoms with Crippen LogP contribution in [0.25, 0.3) is 11.1 Å². The molecule has 6 bridgehead atoms. The lowest BCUT2D eigenvalue weighted by atomic mass is 9.73. The lowest BCUT2D eigenvalue weighted by Crippen LogP contribution is -2.61. The summed E-state index contributed by atoms with van der Waals surface area (Å²) in [6.45, 7) is 14.7. The van der Waals surface area contributed by atoms with Crippen LogP contribution in [0.2, 0.25) is 0 Å². The number of likely N-dealkylation sites (N-methyl/N-ethyl adjacent to an activating group) is 1. The molecule has 1 N–H and O–H groups in total. The fourth-order valence-corrected chi connectivity index (χ4v) is 10.7. The lowest BCUT2D eigenvalue weighted by molar-refractivity contribution is -0.302. The number of hydrogen-bond donors (Lipinski definition) is 1. The minimum Gasteiger partial charge on any atom is -0.458 e. The number of cyclic esters (lactones) is 1. The molecule has 15 heteroatoms. The molecular weight excluding hydrogens is 802 g/mol. The third kappa shape index (κ3) is 8.90. The molecule has 5 saturated heterocycles. The van der Waals surface area contributed by atoms with E-state index >= 15 is 0 Å². The van der Waals surface area contributed by atoms with Crippen molar-refractivity contribution in [3.05, 3.63) is 54.3 Å². The molecule has 5 fully saturated rings. The van der Waals surface area contributed by atoms with Gasteiger partial charge in [0, 0.05) is 29.7 Å². The highest BCUT2D eigenvalue weighted by atomic mass is 19.1. The topological polar surface area (TPSA) is 155 Å². The first-order chi connectivity index (χ1) is 29.3. The number of fused-ring (bicyclic) bond motifs is 5. The fraction of sp³-hybridized carbons (Fsp3) is 0.660. The van der Waals surface area contributed by atoms with E-state index in [1.165, 1.54) is 17.0 Å². The summed E-state index contributed by atoms with van der Waals surface area (Å²) in [4.78, 5) is 53.3. The zero-order valence-electron chi connectivity index (χ0n) is 37.6. The zero-order chi connectivity index (χ0) is 44.8. The number of benzene rings is 2. The quantitative estimate of drug-likeness (QED) is 0.247. The van der Waals surface area contributed by atoms with E-state index in [1.54, 1.807) is 51.1 Å². The molecule has 0 radical (unpaired) electrons. The van der Waals surface area contributed by atoms with E-state index < -0.39 is 89.6 Å². The number of ketones is 1. The van der Waals surface area contributed by atoms with Crippen molar-refractivity contribution in [2.75, 3.05) is 33.9 Å². The molecule has 0 aromatic heterocycles. The van der Waals surface area contributed by atoms with Gasteiger partial charge in [0.05, 0.1) is 61.3 Å². The Morgan fingerprint density at radius 2 is 1.71 bits per heavy atom. The molecule has 2 aromatic carbocycles. The van der Waals surface area contributed by atoms with Crippen molar-refractivity contribution in [2.45, 2.75) is 135 Å². The molecule has 0 saturated carbocycles. The molecule has 3 unspecified atom stereocenters. The third-order valence-corrected chi connectivity index (χ3v) is 14.1. The summed E-state index contributed by atoms with van der Waals surface area (Å²) in [6, 6.07) is 12.2. The highest BCUT2D eigenvalue weighted by Crippen LogP contribution is 2.45. The number of Topliss-reactive ketones (excluding diaryl/α,β-unsaturated/α-hetero) is 1. The molecule has 5 aliphatic rings. The maximum absolute atomic E-state index is 14.9. The number of hydrogen-bond acceptors (Lipinski definition) is 13. The van der Waals surface area contributed by atoms with Gasteiger partial charge in [-0.15, -0.1) is 0 Å². The number of carbonyl (C=O) groups is 3. The van der Waals surface area contributed by atoms with Crippen molar-refractivity contribution in [3.63, 3.8) is 0 Å². The second-order valence-corrected chi connectivity index (χ2v) is 18.9. The highest BCUT2D eigenvalue weighted by Gasteiger charge is 2.61. The number of aliphatic hydroxyl groups excluding tert-OH is 1. The minimum atomic E-state index is -1.43. The van der Waals surface area contributed by atoms with E-state index in [0.29, 0.717) is 24.3 Å². The van der Waals surface area contributed by atoms with Crippen molar-refractivity contribution in [1.82, 2.24) is 9.80 Å². The SMILES string of the molecule is CC[C@H]1OC(=O)[C@H](C)[C@H]2OCC3COC(C)(C[C@@H](C)C(=O)[C@H](C)[C@@H]4N(C/C3=N/Oc3cccc(-c5ccc(F)cc5)c3)C(=O)OC41C)[C@H](O[C@@H]1O[C@H](C)C[C@H](N(C)C)[C@H]1O)[C@H]2C. The normalized spacial score (nSPS) is 40.0. The Labute approximate surface area is 364 Å². The van der Waals surface area contributed by atoms with E-state index in [4.69, 9.17) is 38.4 Å². The van der Waals surface area contributed by atoms with Crippen molar-refractivity contribution >= 4 is 23.6 Å². The molecule has 0 spiro atoms. The van der Waals surface area contributed by atoms with Crippen LogP contribution in [0.4, 0.5) is 9.18 Å². The lowest BCUT2D eigenvalue weighted by Gasteiger charge is -2.48. The molecule has 14 nitrogen and oxygen atoms in total. The van der Waals surface area contributed by atoms with Crippen LogP contribution in [0.15, 0.2) is 53.7 Å². The van der Waals surface area contributed by atoms with Crippen molar-refractivity contribution in [1.29, 1.82) is 0 Å². The number of esters is 1. The number of halogens is 1. The first kappa shape index (κ1) is 46.0. The van der Waals surface area contributed by atoms with Gasteiger partial charge in [-0.25, -0.2) is 9.18 Å². The summed E-state index contributed by atoms with van der Waals surface area (Å²) < 4.78 is 53.7. The first-order valence-electron chi connectivity index (χ1n) is 22.1. The summed E-state index contributed by atoms with van der Waals surface area (Å²) in [5, 5.41) is 16.5. The highest BCUT2D eigenvalue weighted by molar-refractivity contribution is 5.92. The van der Waals surface area contributed by atoms with Gasteiger partial charge in [-0.05, 0) is 96.4 Å². The average Bonchev–Trinajstić information content (AvgIpc) is 3.51. The van der Waals surface area contributed by atoms with Gasteiger partial charge in [-0.3, -0.25) is 14.5 Å². The third-order valence-electron chi connectivity index (χ3n) is 14.1. The van der Waals surface area contributed by atoms with Gasteiger partial charge >= 0.3 is 12.1 Å². The van der Waals surface area contributed by atoms with Crippen LogP contribution < -0.4 is 4.84 Å². The summed E-state index contributed by atoms with van der Waals surface area (Å²) in [6.07, 6.45) is -4.59. The summed E-state index contributed by atoms with van der Waals surface area (Å²) in [7, 11) is 3.81. The number of oxime groups is 1. The van der Waals surface area contributed by atoms with E-state index in [2.05, 4.69) is 0 Å². The van der Waals surface area contributed by atoms with Crippen LogP contribution in [0.3, 0.4) is 0 Å². The fourth-order valence-electron chi connectivity index (χ4n) is 10.7. The Morgan fingerprint density at radius 1 is 0.984 bits per heavy atom.